The Hall–Kier alpha value is -2.04. The summed E-state index contributed by atoms with van der Waals surface area (Å²) in [6, 6.07) is 7.19. The average molecular weight is 336 g/mol. The average Bonchev–Trinajstić information content (AvgIpc) is 3.04. The molecule has 1 aromatic heterocycles. The number of ether oxygens (including phenoxy) is 2. The van der Waals surface area contributed by atoms with Crippen LogP contribution >= 0.6 is 0 Å². The molecule has 0 aliphatic carbocycles. The van der Waals surface area contributed by atoms with Crippen LogP contribution in [0.1, 0.15) is 0 Å². The molecule has 1 aromatic carbocycles. The Bertz CT molecular complexity index is 675. The number of methoxy groups -OCH3 is 1. The molecule has 1 saturated heterocycles. The van der Waals surface area contributed by atoms with Gasteiger partial charge in [0.2, 0.25) is 0 Å². The van der Waals surface area contributed by atoms with Crippen molar-refractivity contribution in [2.75, 3.05) is 12.8 Å². The topological polar surface area (TPSA) is 136 Å². The van der Waals surface area contributed by atoms with Crippen molar-refractivity contribution in [3.8, 4) is 11.3 Å². The van der Waals surface area contributed by atoms with Crippen molar-refractivity contribution in [3.63, 3.8) is 0 Å². The van der Waals surface area contributed by atoms with E-state index in [0.29, 0.717) is 11.4 Å². The first-order chi connectivity index (χ1) is 11.5. The SMILES string of the molecule is CO[C@@H]1O[C@H](Cn2cc(-c3ccc(N)cc3)nn2)[C@H](O)[C@H](O)[C@H]1O. The summed E-state index contributed by atoms with van der Waals surface area (Å²) in [6.07, 6.45) is -4.07. The lowest BCUT2D eigenvalue weighted by atomic mass is 9.99. The molecular formula is C15H20N4O5. The van der Waals surface area contributed by atoms with E-state index in [2.05, 4.69) is 10.3 Å². The molecule has 0 bridgehead atoms. The van der Waals surface area contributed by atoms with Gasteiger partial charge in [0.25, 0.3) is 0 Å². The summed E-state index contributed by atoms with van der Waals surface area (Å²) >= 11 is 0. The van der Waals surface area contributed by atoms with E-state index in [0.717, 1.165) is 5.56 Å². The van der Waals surface area contributed by atoms with Crippen LogP contribution in [-0.4, -0.2) is 68.1 Å². The van der Waals surface area contributed by atoms with Crippen molar-refractivity contribution in [3.05, 3.63) is 30.5 Å². The lowest BCUT2D eigenvalue weighted by Crippen LogP contribution is -2.58. The van der Waals surface area contributed by atoms with Crippen LogP contribution < -0.4 is 5.73 Å². The first-order valence-electron chi connectivity index (χ1n) is 7.48. The van der Waals surface area contributed by atoms with Crippen molar-refractivity contribution in [2.24, 2.45) is 0 Å². The van der Waals surface area contributed by atoms with Gasteiger partial charge in [-0.3, -0.25) is 0 Å². The van der Waals surface area contributed by atoms with Crippen LogP contribution in [-0.2, 0) is 16.0 Å². The van der Waals surface area contributed by atoms with E-state index in [1.165, 1.54) is 11.8 Å². The van der Waals surface area contributed by atoms with E-state index in [1.54, 1.807) is 18.3 Å². The van der Waals surface area contributed by atoms with Crippen LogP contribution in [0.15, 0.2) is 30.5 Å². The second kappa shape index (κ2) is 6.83. The molecule has 0 unspecified atom stereocenters. The minimum absolute atomic E-state index is 0.146. The summed E-state index contributed by atoms with van der Waals surface area (Å²) in [5, 5.41) is 37.8. The predicted molar refractivity (Wildman–Crippen MR) is 83.6 cm³/mol. The van der Waals surface area contributed by atoms with Gasteiger partial charge in [0.15, 0.2) is 6.29 Å². The van der Waals surface area contributed by atoms with Crippen LogP contribution in [0.25, 0.3) is 11.3 Å². The van der Waals surface area contributed by atoms with Crippen LogP contribution in [0.4, 0.5) is 5.69 Å². The molecular weight excluding hydrogens is 316 g/mol. The molecule has 1 aliphatic rings. The highest BCUT2D eigenvalue weighted by molar-refractivity contribution is 5.60. The fourth-order valence-electron chi connectivity index (χ4n) is 2.62. The molecule has 1 aliphatic heterocycles. The molecule has 5 N–H and O–H groups in total. The summed E-state index contributed by atoms with van der Waals surface area (Å²) in [7, 11) is 1.35. The number of nitrogen functional groups attached to an aromatic ring is 1. The highest BCUT2D eigenvalue weighted by Crippen LogP contribution is 2.23. The summed E-state index contributed by atoms with van der Waals surface area (Å²) in [5.41, 5.74) is 7.81. The van der Waals surface area contributed by atoms with Crippen LogP contribution in [0.3, 0.4) is 0 Å². The van der Waals surface area contributed by atoms with Crippen molar-refractivity contribution in [1.29, 1.82) is 0 Å². The van der Waals surface area contributed by atoms with Gasteiger partial charge < -0.3 is 30.5 Å². The summed E-state index contributed by atoms with van der Waals surface area (Å²) < 4.78 is 11.9. The zero-order valence-corrected chi connectivity index (χ0v) is 13.1. The van der Waals surface area contributed by atoms with Gasteiger partial charge in [-0.05, 0) is 12.1 Å². The highest BCUT2D eigenvalue weighted by atomic mass is 16.7. The molecule has 2 heterocycles. The molecule has 0 radical (unpaired) electrons. The number of hydrogen-bond acceptors (Lipinski definition) is 8. The number of nitrogens with zero attached hydrogens (tertiary/aromatic N) is 3. The first kappa shape index (κ1) is 16.8. The maximum absolute atomic E-state index is 10.1. The second-order valence-electron chi connectivity index (χ2n) is 5.70. The number of benzene rings is 1. The van der Waals surface area contributed by atoms with E-state index in [9.17, 15) is 15.3 Å². The van der Waals surface area contributed by atoms with Gasteiger partial charge in [-0.2, -0.15) is 0 Å². The van der Waals surface area contributed by atoms with E-state index in [-0.39, 0.29) is 6.54 Å². The van der Waals surface area contributed by atoms with Gasteiger partial charge in [0, 0.05) is 18.4 Å². The van der Waals surface area contributed by atoms with Gasteiger partial charge in [0.05, 0.1) is 12.7 Å². The van der Waals surface area contributed by atoms with Crippen molar-refractivity contribution < 1.29 is 24.8 Å². The first-order valence-corrected chi connectivity index (χ1v) is 7.48. The lowest BCUT2D eigenvalue weighted by molar-refractivity contribution is -0.292. The maximum atomic E-state index is 10.1. The number of anilines is 1. The Morgan fingerprint density at radius 3 is 2.54 bits per heavy atom. The molecule has 3 rings (SSSR count). The minimum Gasteiger partial charge on any atom is -0.399 e. The monoisotopic (exact) mass is 336 g/mol. The highest BCUT2D eigenvalue weighted by Gasteiger charge is 2.44. The third-order valence-electron chi connectivity index (χ3n) is 4.01. The molecule has 1 fully saturated rings. The van der Waals surface area contributed by atoms with Gasteiger partial charge in [0.1, 0.15) is 30.1 Å². The maximum Gasteiger partial charge on any atom is 0.186 e. The van der Waals surface area contributed by atoms with Crippen LogP contribution in [0, 0.1) is 0 Å². The van der Waals surface area contributed by atoms with Crippen LogP contribution in [0.2, 0.25) is 0 Å². The third kappa shape index (κ3) is 3.25. The molecule has 0 spiro atoms. The van der Waals surface area contributed by atoms with Gasteiger partial charge in [-0.1, -0.05) is 17.3 Å². The largest absolute Gasteiger partial charge is 0.399 e. The summed E-state index contributed by atoms with van der Waals surface area (Å²) in [6.45, 7) is 0.146. The number of aromatic nitrogens is 3. The van der Waals surface area contributed by atoms with E-state index >= 15 is 0 Å². The summed E-state index contributed by atoms with van der Waals surface area (Å²) in [5.74, 6) is 0. The Balaban J connectivity index is 1.73. The van der Waals surface area contributed by atoms with Gasteiger partial charge in [-0.15, -0.1) is 5.10 Å². The van der Waals surface area contributed by atoms with E-state index in [1.807, 2.05) is 12.1 Å². The lowest BCUT2D eigenvalue weighted by Gasteiger charge is -2.39. The van der Waals surface area contributed by atoms with Gasteiger partial charge in [-0.25, -0.2) is 4.68 Å². The molecule has 2 aromatic rings. The number of rotatable bonds is 4. The predicted octanol–water partition coefficient (Wildman–Crippen LogP) is -1.02. The quantitative estimate of drug-likeness (QED) is 0.521. The molecule has 5 atom stereocenters. The Morgan fingerprint density at radius 2 is 1.88 bits per heavy atom. The molecule has 24 heavy (non-hydrogen) atoms. The van der Waals surface area contributed by atoms with Crippen LogP contribution in [0.5, 0.6) is 0 Å². The standard InChI is InChI=1S/C15H20N4O5/c1-23-15-14(22)13(21)12(20)11(24-15)7-19-6-10(17-18-19)8-2-4-9(16)5-3-8/h2-6,11-15,20-22H,7,16H2,1H3/t11-,12+,13+,14-,15-/m1/s1. The molecule has 130 valence electrons. The number of aliphatic hydroxyl groups is 3. The van der Waals surface area contributed by atoms with Gasteiger partial charge >= 0.3 is 0 Å². The Morgan fingerprint density at radius 1 is 1.17 bits per heavy atom. The third-order valence-corrected chi connectivity index (χ3v) is 4.01. The zero-order chi connectivity index (χ0) is 17.3. The smallest absolute Gasteiger partial charge is 0.186 e. The second-order valence-corrected chi connectivity index (χ2v) is 5.70. The van der Waals surface area contributed by atoms with Crippen molar-refractivity contribution in [2.45, 2.75) is 37.3 Å². The fraction of sp³-hybridized carbons (Fsp3) is 0.467. The number of aliphatic hydroxyl groups excluding tert-OH is 3. The summed E-state index contributed by atoms with van der Waals surface area (Å²) in [4.78, 5) is 0. The molecule has 0 saturated carbocycles. The Labute approximate surface area is 138 Å². The normalized spacial score (nSPS) is 30.4. The zero-order valence-electron chi connectivity index (χ0n) is 13.1. The minimum atomic E-state index is -1.37. The molecule has 9 heteroatoms. The van der Waals surface area contributed by atoms with Crippen molar-refractivity contribution in [1.82, 2.24) is 15.0 Å². The molecule has 9 nitrogen and oxygen atoms in total. The number of nitrogens with two attached hydrogens (primary N) is 1. The Kier molecular flexibility index (Phi) is 4.78. The van der Waals surface area contributed by atoms with E-state index < -0.39 is 30.7 Å². The fourth-order valence-corrected chi connectivity index (χ4v) is 2.62. The number of hydrogen-bond donors (Lipinski definition) is 4. The van der Waals surface area contributed by atoms with Crippen molar-refractivity contribution >= 4 is 5.69 Å². The molecule has 0 amide bonds. The van der Waals surface area contributed by atoms with E-state index in [4.69, 9.17) is 15.2 Å².